The molecule has 0 heterocycles. The molecular formula is C16H16Cl3N. The molecule has 0 spiro atoms. The molecule has 0 fully saturated rings. The highest BCUT2D eigenvalue weighted by molar-refractivity contribution is 6.42. The smallest absolute Gasteiger partial charge is 0.0595 e. The Balaban J connectivity index is 2.28. The van der Waals surface area contributed by atoms with E-state index in [1.807, 2.05) is 50.4 Å². The van der Waals surface area contributed by atoms with Gasteiger partial charge in [0.05, 0.1) is 10.0 Å². The molecule has 1 unspecified atom stereocenters. The largest absolute Gasteiger partial charge is 0.313 e. The summed E-state index contributed by atoms with van der Waals surface area (Å²) in [6.45, 7) is 2.01. The molecule has 1 nitrogen and oxygen atoms in total. The molecule has 0 aliphatic carbocycles. The summed E-state index contributed by atoms with van der Waals surface area (Å²) in [5.41, 5.74) is 3.30. The Morgan fingerprint density at radius 3 is 2.45 bits per heavy atom. The summed E-state index contributed by atoms with van der Waals surface area (Å²) in [5, 5.41) is 5.27. The fraction of sp³-hybridized carbons (Fsp3) is 0.250. The SMILES string of the molecule is CNC(Cc1ccc(Cl)c(Cl)c1)c1cccc(C)c1Cl. The highest BCUT2D eigenvalue weighted by Gasteiger charge is 2.15. The van der Waals surface area contributed by atoms with Gasteiger partial charge in [0.25, 0.3) is 0 Å². The molecular weight excluding hydrogens is 313 g/mol. The number of nitrogens with one attached hydrogen (secondary N) is 1. The Hall–Kier alpha value is -0.730. The topological polar surface area (TPSA) is 12.0 Å². The van der Waals surface area contributed by atoms with Crippen molar-refractivity contribution in [3.63, 3.8) is 0 Å². The van der Waals surface area contributed by atoms with Gasteiger partial charge in [-0.1, -0.05) is 59.1 Å². The predicted octanol–water partition coefficient (Wildman–Crippen LogP) is 5.46. The summed E-state index contributed by atoms with van der Waals surface area (Å²) < 4.78 is 0. The quantitative estimate of drug-likeness (QED) is 0.786. The van der Waals surface area contributed by atoms with E-state index in [2.05, 4.69) is 5.32 Å². The molecule has 0 radical (unpaired) electrons. The van der Waals surface area contributed by atoms with Gasteiger partial charge < -0.3 is 5.32 Å². The number of aryl methyl sites for hydroxylation is 1. The van der Waals surface area contributed by atoms with E-state index in [0.717, 1.165) is 28.1 Å². The molecule has 2 aromatic carbocycles. The molecule has 1 atom stereocenters. The summed E-state index contributed by atoms with van der Waals surface area (Å²) >= 11 is 18.4. The zero-order valence-electron chi connectivity index (χ0n) is 11.4. The van der Waals surface area contributed by atoms with Crippen LogP contribution < -0.4 is 5.32 Å². The van der Waals surface area contributed by atoms with Crippen LogP contribution in [0.25, 0.3) is 0 Å². The first-order valence-corrected chi connectivity index (χ1v) is 7.52. The monoisotopic (exact) mass is 327 g/mol. The Morgan fingerprint density at radius 2 is 1.80 bits per heavy atom. The minimum atomic E-state index is 0.139. The number of rotatable bonds is 4. The van der Waals surface area contributed by atoms with Crippen LogP contribution in [0.3, 0.4) is 0 Å². The summed E-state index contributed by atoms with van der Waals surface area (Å²) in [4.78, 5) is 0. The van der Waals surface area contributed by atoms with Gasteiger partial charge in [0, 0.05) is 11.1 Å². The number of likely N-dealkylation sites (N-methyl/N-ethyl adjacent to an activating group) is 1. The maximum Gasteiger partial charge on any atom is 0.0595 e. The van der Waals surface area contributed by atoms with E-state index < -0.39 is 0 Å². The van der Waals surface area contributed by atoms with E-state index in [1.165, 1.54) is 0 Å². The number of hydrogen-bond acceptors (Lipinski definition) is 1. The molecule has 0 amide bonds. The Bertz CT molecular complexity index is 611. The van der Waals surface area contributed by atoms with Crippen LogP contribution in [0.4, 0.5) is 0 Å². The molecule has 2 aromatic rings. The molecule has 0 bridgehead atoms. The molecule has 4 heteroatoms. The van der Waals surface area contributed by atoms with E-state index in [9.17, 15) is 0 Å². The Kier molecular flexibility index (Phi) is 5.34. The summed E-state index contributed by atoms with van der Waals surface area (Å²) in [5.74, 6) is 0. The number of hydrogen-bond donors (Lipinski definition) is 1. The van der Waals surface area contributed by atoms with Crippen molar-refractivity contribution in [1.29, 1.82) is 0 Å². The van der Waals surface area contributed by atoms with Gasteiger partial charge in [0.15, 0.2) is 0 Å². The van der Waals surface area contributed by atoms with Crippen LogP contribution in [0.5, 0.6) is 0 Å². The minimum absolute atomic E-state index is 0.139. The van der Waals surface area contributed by atoms with Crippen LogP contribution in [0.2, 0.25) is 15.1 Å². The first-order valence-electron chi connectivity index (χ1n) is 6.39. The van der Waals surface area contributed by atoms with Crippen molar-refractivity contribution in [3.8, 4) is 0 Å². The molecule has 106 valence electrons. The molecule has 0 saturated carbocycles. The van der Waals surface area contributed by atoms with Gasteiger partial charge >= 0.3 is 0 Å². The third-order valence-corrected chi connectivity index (χ3v) is 4.62. The van der Waals surface area contributed by atoms with Crippen LogP contribution in [0.15, 0.2) is 36.4 Å². The van der Waals surface area contributed by atoms with E-state index >= 15 is 0 Å². The number of benzene rings is 2. The molecule has 0 saturated heterocycles. The predicted molar refractivity (Wildman–Crippen MR) is 88.2 cm³/mol. The van der Waals surface area contributed by atoms with Gasteiger partial charge in [0.2, 0.25) is 0 Å². The van der Waals surface area contributed by atoms with E-state index in [0.29, 0.717) is 10.0 Å². The molecule has 0 aliphatic heterocycles. The fourth-order valence-corrected chi connectivity index (χ4v) is 2.79. The Morgan fingerprint density at radius 1 is 1.05 bits per heavy atom. The van der Waals surface area contributed by atoms with Gasteiger partial charge in [-0.2, -0.15) is 0 Å². The normalized spacial score (nSPS) is 12.4. The highest BCUT2D eigenvalue weighted by atomic mass is 35.5. The summed E-state index contributed by atoms with van der Waals surface area (Å²) in [6, 6.07) is 11.9. The Labute approximate surface area is 134 Å². The van der Waals surface area contributed by atoms with Crippen LogP contribution >= 0.6 is 34.8 Å². The standard InChI is InChI=1S/C16H16Cl3N/c1-10-4-3-5-12(16(10)19)15(20-2)9-11-6-7-13(17)14(18)8-11/h3-8,15,20H,9H2,1-2H3. The van der Waals surface area contributed by atoms with Gasteiger partial charge in [-0.25, -0.2) is 0 Å². The lowest BCUT2D eigenvalue weighted by Crippen LogP contribution is -2.19. The van der Waals surface area contributed by atoms with Gasteiger partial charge in [0.1, 0.15) is 0 Å². The van der Waals surface area contributed by atoms with Crippen molar-refractivity contribution >= 4 is 34.8 Å². The highest BCUT2D eigenvalue weighted by Crippen LogP contribution is 2.30. The van der Waals surface area contributed by atoms with Crippen molar-refractivity contribution in [2.45, 2.75) is 19.4 Å². The second kappa shape index (κ2) is 6.82. The second-order valence-corrected chi connectivity index (χ2v) is 5.96. The molecule has 0 aliphatic rings. The molecule has 20 heavy (non-hydrogen) atoms. The lowest BCUT2D eigenvalue weighted by Gasteiger charge is -2.19. The average Bonchev–Trinajstić information content (AvgIpc) is 2.43. The zero-order chi connectivity index (χ0) is 14.7. The molecule has 2 rings (SSSR count). The molecule has 1 N–H and O–H groups in total. The number of halogens is 3. The lowest BCUT2D eigenvalue weighted by molar-refractivity contribution is 0.592. The van der Waals surface area contributed by atoms with Gasteiger partial charge in [-0.3, -0.25) is 0 Å². The maximum atomic E-state index is 6.40. The molecule has 0 aromatic heterocycles. The van der Waals surface area contributed by atoms with Crippen molar-refractivity contribution in [3.05, 3.63) is 68.2 Å². The fourth-order valence-electron chi connectivity index (χ4n) is 2.21. The van der Waals surface area contributed by atoms with Crippen LogP contribution in [-0.4, -0.2) is 7.05 Å². The third kappa shape index (κ3) is 3.48. The van der Waals surface area contributed by atoms with Crippen molar-refractivity contribution < 1.29 is 0 Å². The van der Waals surface area contributed by atoms with Gasteiger partial charge in [-0.15, -0.1) is 0 Å². The van der Waals surface area contributed by atoms with Crippen LogP contribution in [0.1, 0.15) is 22.7 Å². The maximum absolute atomic E-state index is 6.40. The zero-order valence-corrected chi connectivity index (χ0v) is 13.7. The first kappa shape index (κ1) is 15.7. The lowest BCUT2D eigenvalue weighted by atomic mass is 9.97. The van der Waals surface area contributed by atoms with Crippen molar-refractivity contribution in [1.82, 2.24) is 5.32 Å². The van der Waals surface area contributed by atoms with Crippen LogP contribution in [0, 0.1) is 6.92 Å². The van der Waals surface area contributed by atoms with Gasteiger partial charge in [-0.05, 0) is 49.2 Å². The second-order valence-electron chi connectivity index (χ2n) is 4.77. The van der Waals surface area contributed by atoms with Crippen molar-refractivity contribution in [2.24, 2.45) is 0 Å². The average molecular weight is 329 g/mol. The minimum Gasteiger partial charge on any atom is -0.313 e. The van der Waals surface area contributed by atoms with E-state index in [1.54, 1.807) is 0 Å². The first-order chi connectivity index (χ1) is 9.52. The van der Waals surface area contributed by atoms with Crippen molar-refractivity contribution in [2.75, 3.05) is 7.05 Å². The van der Waals surface area contributed by atoms with Crippen LogP contribution in [-0.2, 0) is 6.42 Å². The third-order valence-electron chi connectivity index (χ3n) is 3.37. The summed E-state index contributed by atoms with van der Waals surface area (Å²) in [6.07, 6.45) is 0.802. The van der Waals surface area contributed by atoms with E-state index in [4.69, 9.17) is 34.8 Å². The van der Waals surface area contributed by atoms with E-state index in [-0.39, 0.29) is 6.04 Å². The summed E-state index contributed by atoms with van der Waals surface area (Å²) in [7, 11) is 1.93.